The molecule has 0 aliphatic rings. The Bertz CT molecular complexity index is 855. The van der Waals surface area contributed by atoms with E-state index in [-0.39, 0.29) is 5.56 Å². The van der Waals surface area contributed by atoms with Gasteiger partial charge in [0.25, 0.3) is 0 Å². The maximum Gasteiger partial charge on any atom is 0.337 e. The minimum absolute atomic E-state index is 0.216. The number of carboxylic acid groups (broad SMARTS) is 1. The molecule has 2 aromatic heterocycles. The molecule has 0 atom stereocenters. The summed E-state index contributed by atoms with van der Waals surface area (Å²) in [7, 11) is 0. The zero-order chi connectivity index (χ0) is 16.4. The molecule has 0 fully saturated rings. The Labute approximate surface area is 133 Å². The van der Waals surface area contributed by atoms with Gasteiger partial charge < -0.3 is 14.8 Å². The number of carbonyl (C=O) groups is 1. The molecule has 6 nitrogen and oxygen atoms in total. The van der Waals surface area contributed by atoms with Crippen molar-refractivity contribution in [2.24, 2.45) is 5.92 Å². The van der Waals surface area contributed by atoms with Gasteiger partial charge in [0.15, 0.2) is 0 Å². The van der Waals surface area contributed by atoms with Crippen molar-refractivity contribution in [3.05, 3.63) is 48.0 Å². The van der Waals surface area contributed by atoms with Gasteiger partial charge in [-0.3, -0.25) is 0 Å². The largest absolute Gasteiger partial charge is 0.478 e. The van der Waals surface area contributed by atoms with Crippen LogP contribution >= 0.6 is 0 Å². The molecule has 118 valence electrons. The van der Waals surface area contributed by atoms with Crippen LogP contribution in [-0.2, 0) is 6.42 Å². The van der Waals surface area contributed by atoms with E-state index in [9.17, 15) is 9.90 Å². The highest BCUT2D eigenvalue weighted by molar-refractivity contribution is 6.03. The van der Waals surface area contributed by atoms with E-state index in [1.54, 1.807) is 24.3 Å². The maximum atomic E-state index is 11.2. The molecule has 2 heterocycles. The fraction of sp³-hybridized carbons (Fsp3) is 0.235. The fourth-order valence-electron chi connectivity index (χ4n) is 2.42. The Balaban J connectivity index is 1.89. The van der Waals surface area contributed by atoms with Crippen molar-refractivity contribution in [1.29, 1.82) is 0 Å². The summed E-state index contributed by atoms with van der Waals surface area (Å²) in [5.41, 5.74) is 1.88. The summed E-state index contributed by atoms with van der Waals surface area (Å²) < 4.78 is 5.75. The van der Waals surface area contributed by atoms with Crippen molar-refractivity contribution >= 4 is 16.9 Å². The number of H-pyrrole nitrogens is 1. The third kappa shape index (κ3) is 3.31. The molecule has 6 heteroatoms. The van der Waals surface area contributed by atoms with E-state index in [0.29, 0.717) is 22.9 Å². The summed E-state index contributed by atoms with van der Waals surface area (Å²) >= 11 is 0. The van der Waals surface area contributed by atoms with Crippen LogP contribution in [0.25, 0.3) is 10.9 Å². The van der Waals surface area contributed by atoms with Gasteiger partial charge in [-0.25, -0.2) is 14.8 Å². The predicted molar refractivity (Wildman–Crippen MR) is 85.9 cm³/mol. The van der Waals surface area contributed by atoms with Crippen molar-refractivity contribution in [3.8, 4) is 11.6 Å². The zero-order valence-corrected chi connectivity index (χ0v) is 12.9. The lowest BCUT2D eigenvalue weighted by Crippen LogP contribution is -1.99. The Kier molecular flexibility index (Phi) is 3.97. The molecule has 2 N–H and O–H groups in total. The van der Waals surface area contributed by atoms with Gasteiger partial charge in [0.1, 0.15) is 12.1 Å². The molecular weight excluding hydrogens is 294 g/mol. The lowest BCUT2D eigenvalue weighted by atomic mass is 10.1. The van der Waals surface area contributed by atoms with E-state index in [1.807, 2.05) is 0 Å². The van der Waals surface area contributed by atoms with Crippen LogP contribution in [0.4, 0.5) is 0 Å². The molecule has 1 aromatic carbocycles. The van der Waals surface area contributed by atoms with Gasteiger partial charge >= 0.3 is 5.97 Å². The van der Waals surface area contributed by atoms with Crippen molar-refractivity contribution in [2.45, 2.75) is 20.3 Å². The summed E-state index contributed by atoms with van der Waals surface area (Å²) in [6, 6.07) is 7.06. The van der Waals surface area contributed by atoms with Crippen molar-refractivity contribution < 1.29 is 14.6 Å². The predicted octanol–water partition coefficient (Wildman–Crippen LogP) is 3.65. The summed E-state index contributed by atoms with van der Waals surface area (Å²) in [5, 5.41) is 9.79. The molecular formula is C17H17N3O3. The second-order valence-electron chi connectivity index (χ2n) is 5.76. The van der Waals surface area contributed by atoms with Crippen molar-refractivity contribution in [3.63, 3.8) is 0 Å². The third-order valence-electron chi connectivity index (χ3n) is 3.42. The van der Waals surface area contributed by atoms with Crippen molar-refractivity contribution in [1.82, 2.24) is 15.0 Å². The number of aromatic nitrogens is 3. The van der Waals surface area contributed by atoms with E-state index in [0.717, 1.165) is 17.6 Å². The summed E-state index contributed by atoms with van der Waals surface area (Å²) in [6.45, 7) is 4.24. The van der Waals surface area contributed by atoms with Crippen LogP contribution in [0.2, 0.25) is 0 Å². The maximum absolute atomic E-state index is 11.2. The van der Waals surface area contributed by atoms with E-state index in [2.05, 4.69) is 28.8 Å². The SMILES string of the molecule is CC(C)Cc1cc(Oc2ccc3[nH]cc(C(=O)O)c3c2)ncn1. The number of hydrogen-bond acceptors (Lipinski definition) is 4. The number of nitrogens with zero attached hydrogens (tertiary/aromatic N) is 2. The Morgan fingerprint density at radius 1 is 1.30 bits per heavy atom. The van der Waals surface area contributed by atoms with E-state index in [1.165, 1.54) is 12.5 Å². The number of aromatic carboxylic acids is 1. The van der Waals surface area contributed by atoms with Crippen LogP contribution in [0.1, 0.15) is 29.9 Å². The average Bonchev–Trinajstić information content (AvgIpc) is 2.90. The van der Waals surface area contributed by atoms with E-state index >= 15 is 0 Å². The molecule has 3 rings (SSSR count). The molecule has 3 aromatic rings. The van der Waals surface area contributed by atoms with Gasteiger partial charge in [-0.15, -0.1) is 0 Å². The van der Waals surface area contributed by atoms with Crippen LogP contribution in [0.15, 0.2) is 36.8 Å². The Hall–Kier alpha value is -2.89. The number of benzene rings is 1. The monoisotopic (exact) mass is 311 g/mol. The van der Waals surface area contributed by atoms with Crippen LogP contribution in [0.5, 0.6) is 11.6 Å². The highest BCUT2D eigenvalue weighted by Crippen LogP contribution is 2.27. The molecule has 0 saturated carbocycles. The van der Waals surface area contributed by atoms with E-state index in [4.69, 9.17) is 4.74 Å². The first-order valence-electron chi connectivity index (χ1n) is 7.36. The smallest absolute Gasteiger partial charge is 0.337 e. The average molecular weight is 311 g/mol. The van der Waals surface area contributed by atoms with Gasteiger partial charge in [-0.1, -0.05) is 13.8 Å². The first-order chi connectivity index (χ1) is 11.0. The highest BCUT2D eigenvalue weighted by Gasteiger charge is 2.12. The first-order valence-corrected chi connectivity index (χ1v) is 7.36. The number of rotatable bonds is 5. The minimum atomic E-state index is -0.977. The number of fused-ring (bicyclic) bond motifs is 1. The molecule has 0 aliphatic carbocycles. The van der Waals surface area contributed by atoms with Crippen LogP contribution < -0.4 is 4.74 Å². The molecule has 0 unspecified atom stereocenters. The summed E-state index contributed by atoms with van der Waals surface area (Å²) in [6.07, 6.45) is 3.80. The van der Waals surface area contributed by atoms with Crippen molar-refractivity contribution in [2.75, 3.05) is 0 Å². The number of carboxylic acids is 1. The zero-order valence-electron chi connectivity index (χ0n) is 12.9. The molecule has 0 radical (unpaired) electrons. The highest BCUT2D eigenvalue weighted by atomic mass is 16.5. The van der Waals surface area contributed by atoms with Gasteiger partial charge in [0, 0.05) is 28.9 Å². The van der Waals surface area contributed by atoms with Gasteiger partial charge in [-0.2, -0.15) is 0 Å². The molecule has 0 spiro atoms. The lowest BCUT2D eigenvalue weighted by molar-refractivity contribution is 0.0699. The number of ether oxygens (including phenoxy) is 1. The molecule has 0 bridgehead atoms. The number of nitrogens with one attached hydrogen (secondary N) is 1. The van der Waals surface area contributed by atoms with Gasteiger partial charge in [0.05, 0.1) is 5.56 Å². The Morgan fingerprint density at radius 2 is 2.13 bits per heavy atom. The minimum Gasteiger partial charge on any atom is -0.478 e. The summed E-state index contributed by atoms with van der Waals surface area (Å²) in [4.78, 5) is 22.5. The molecule has 0 amide bonds. The number of aromatic amines is 1. The fourth-order valence-corrected chi connectivity index (χ4v) is 2.42. The van der Waals surface area contributed by atoms with E-state index < -0.39 is 5.97 Å². The van der Waals surface area contributed by atoms with Gasteiger partial charge in [0.2, 0.25) is 5.88 Å². The normalized spacial score (nSPS) is 11.1. The summed E-state index contributed by atoms with van der Waals surface area (Å²) in [5.74, 6) is 0.498. The second-order valence-corrected chi connectivity index (χ2v) is 5.76. The second kappa shape index (κ2) is 6.08. The topological polar surface area (TPSA) is 88.1 Å². The Morgan fingerprint density at radius 3 is 2.87 bits per heavy atom. The number of hydrogen-bond donors (Lipinski definition) is 2. The molecule has 0 saturated heterocycles. The lowest BCUT2D eigenvalue weighted by Gasteiger charge is -2.07. The molecule has 23 heavy (non-hydrogen) atoms. The molecule has 0 aliphatic heterocycles. The van der Waals surface area contributed by atoms with Crippen LogP contribution in [0, 0.1) is 5.92 Å². The van der Waals surface area contributed by atoms with Gasteiger partial charge in [-0.05, 0) is 30.5 Å². The van der Waals surface area contributed by atoms with Crippen LogP contribution in [0.3, 0.4) is 0 Å². The quantitative estimate of drug-likeness (QED) is 0.751. The third-order valence-corrected chi connectivity index (χ3v) is 3.42. The standard InChI is InChI=1S/C17H17N3O3/c1-10(2)5-11-6-16(20-9-19-11)23-12-3-4-15-13(7-12)14(8-18-15)17(21)22/h3-4,6-10,18H,5H2,1-2H3,(H,21,22). The van der Waals surface area contributed by atoms with Crippen LogP contribution in [-0.4, -0.2) is 26.0 Å². The first kappa shape index (κ1) is 15.0.